The van der Waals surface area contributed by atoms with Gasteiger partial charge in [0.2, 0.25) is 0 Å². The second kappa shape index (κ2) is 5.48. The molecule has 0 rings (SSSR count). The lowest BCUT2D eigenvalue weighted by Gasteiger charge is -2.09. The molecule has 1 atom stereocenters. The third kappa shape index (κ3) is 5.14. The molecule has 1 unspecified atom stereocenters. The van der Waals surface area contributed by atoms with E-state index in [9.17, 15) is 0 Å². The molecule has 0 heterocycles. The molecule has 0 saturated carbocycles. The van der Waals surface area contributed by atoms with Crippen molar-refractivity contribution in [3.05, 3.63) is 23.8 Å². The summed E-state index contributed by atoms with van der Waals surface area (Å²) in [5, 5.41) is 0.366. The molecule has 11 heavy (non-hydrogen) atoms. The molecule has 0 spiro atoms. The van der Waals surface area contributed by atoms with Gasteiger partial charge < -0.3 is 0 Å². The minimum atomic E-state index is 0.366. The topological polar surface area (TPSA) is 0 Å². The molecule has 0 aromatic rings. The second-order valence-corrected chi connectivity index (χ2v) is 3.66. The summed E-state index contributed by atoms with van der Waals surface area (Å²) >= 11 is 4.41. The zero-order valence-corrected chi connectivity index (χ0v) is 8.62. The van der Waals surface area contributed by atoms with Crippen LogP contribution in [0.5, 0.6) is 0 Å². The maximum atomic E-state index is 4.41. The summed E-state index contributed by atoms with van der Waals surface area (Å²) in [6, 6.07) is 0. The number of thiol groups is 1. The van der Waals surface area contributed by atoms with E-state index >= 15 is 0 Å². The van der Waals surface area contributed by atoms with Crippen molar-refractivity contribution >= 4 is 12.6 Å². The van der Waals surface area contributed by atoms with E-state index in [-0.39, 0.29) is 0 Å². The van der Waals surface area contributed by atoms with Crippen molar-refractivity contribution in [2.45, 2.75) is 38.9 Å². The Morgan fingerprint density at radius 3 is 2.45 bits per heavy atom. The molecule has 0 aromatic carbocycles. The highest BCUT2D eigenvalue weighted by Crippen LogP contribution is 2.16. The molecule has 0 aliphatic heterocycles. The molecule has 0 aliphatic carbocycles. The molecular formula is C10H18S. The summed E-state index contributed by atoms with van der Waals surface area (Å²) in [6.45, 7) is 10.1. The van der Waals surface area contributed by atoms with Gasteiger partial charge in [0, 0.05) is 5.25 Å². The fourth-order valence-electron chi connectivity index (χ4n) is 0.755. The van der Waals surface area contributed by atoms with E-state index in [4.69, 9.17) is 0 Å². The number of hydrogen-bond acceptors (Lipinski definition) is 1. The third-order valence-corrected chi connectivity index (χ3v) is 2.57. The summed E-state index contributed by atoms with van der Waals surface area (Å²) in [6.07, 6.45) is 4.39. The summed E-state index contributed by atoms with van der Waals surface area (Å²) in [4.78, 5) is 0. The minimum Gasteiger partial charge on any atom is -0.171 e. The van der Waals surface area contributed by atoms with Crippen molar-refractivity contribution in [3.63, 3.8) is 0 Å². The molecule has 0 aliphatic rings. The third-order valence-electron chi connectivity index (χ3n) is 1.87. The minimum absolute atomic E-state index is 0.366. The van der Waals surface area contributed by atoms with Crippen LogP contribution in [-0.2, 0) is 0 Å². The average molecular weight is 170 g/mol. The molecule has 64 valence electrons. The van der Waals surface area contributed by atoms with Crippen molar-refractivity contribution in [1.29, 1.82) is 0 Å². The average Bonchev–Trinajstić information content (AvgIpc) is 1.99. The highest BCUT2D eigenvalue weighted by Gasteiger charge is 2.02. The van der Waals surface area contributed by atoms with Gasteiger partial charge in [-0.1, -0.05) is 23.8 Å². The van der Waals surface area contributed by atoms with Gasteiger partial charge in [-0.15, -0.1) is 0 Å². The van der Waals surface area contributed by atoms with E-state index in [2.05, 4.69) is 39.1 Å². The zero-order valence-electron chi connectivity index (χ0n) is 7.72. The Kier molecular flexibility index (Phi) is 5.39. The number of rotatable bonds is 4. The van der Waals surface area contributed by atoms with Crippen LogP contribution in [0, 0.1) is 0 Å². The van der Waals surface area contributed by atoms with Gasteiger partial charge in [0.15, 0.2) is 0 Å². The van der Waals surface area contributed by atoms with Gasteiger partial charge in [-0.05, 0) is 33.6 Å². The van der Waals surface area contributed by atoms with Crippen LogP contribution in [0.2, 0.25) is 0 Å². The quantitative estimate of drug-likeness (QED) is 0.483. The van der Waals surface area contributed by atoms with E-state index in [0.29, 0.717) is 5.25 Å². The Balaban J connectivity index is 3.62. The molecule has 0 amide bonds. The molecule has 0 N–H and O–H groups in total. The summed E-state index contributed by atoms with van der Waals surface area (Å²) in [7, 11) is 0. The monoisotopic (exact) mass is 170 g/mol. The van der Waals surface area contributed by atoms with Crippen molar-refractivity contribution in [2.75, 3.05) is 0 Å². The molecule has 1 heteroatoms. The van der Waals surface area contributed by atoms with E-state index in [1.807, 2.05) is 6.92 Å². The van der Waals surface area contributed by atoms with Gasteiger partial charge in [-0.25, -0.2) is 0 Å². The number of hydrogen-bond donors (Lipinski definition) is 1. The first-order chi connectivity index (χ1) is 5.07. The lowest BCUT2D eigenvalue weighted by molar-refractivity contribution is 0.822. The van der Waals surface area contributed by atoms with Crippen molar-refractivity contribution in [3.8, 4) is 0 Å². The predicted molar refractivity (Wildman–Crippen MR) is 56.3 cm³/mol. The highest BCUT2D eigenvalue weighted by molar-refractivity contribution is 7.81. The van der Waals surface area contributed by atoms with Crippen molar-refractivity contribution < 1.29 is 0 Å². The van der Waals surface area contributed by atoms with E-state index in [1.54, 1.807) is 0 Å². The fraction of sp³-hybridized carbons (Fsp3) is 0.600. The maximum Gasteiger partial charge on any atom is 0.0223 e. The Labute approximate surface area is 75.8 Å². The lowest BCUT2D eigenvalue weighted by atomic mass is 10.1. The molecule has 0 aromatic heterocycles. The first kappa shape index (κ1) is 10.8. The van der Waals surface area contributed by atoms with Crippen LogP contribution in [0.15, 0.2) is 23.8 Å². The SMILES string of the molecule is C=C(C)C(S)CCC(C)=CC. The van der Waals surface area contributed by atoms with Crippen LogP contribution in [0.3, 0.4) is 0 Å². The molecule has 0 nitrogen and oxygen atoms in total. The summed E-state index contributed by atoms with van der Waals surface area (Å²) in [5.74, 6) is 0. The summed E-state index contributed by atoms with van der Waals surface area (Å²) < 4.78 is 0. The van der Waals surface area contributed by atoms with Crippen molar-refractivity contribution in [1.82, 2.24) is 0 Å². The Hall–Kier alpha value is -0.170. The van der Waals surface area contributed by atoms with Gasteiger partial charge in [0.05, 0.1) is 0 Å². The Morgan fingerprint density at radius 1 is 1.55 bits per heavy atom. The van der Waals surface area contributed by atoms with E-state index in [0.717, 1.165) is 18.4 Å². The van der Waals surface area contributed by atoms with Crippen LogP contribution < -0.4 is 0 Å². The molecular weight excluding hydrogens is 152 g/mol. The molecule has 0 radical (unpaired) electrons. The second-order valence-electron chi connectivity index (χ2n) is 3.04. The first-order valence-corrected chi connectivity index (χ1v) is 4.54. The summed E-state index contributed by atoms with van der Waals surface area (Å²) in [5.41, 5.74) is 2.60. The first-order valence-electron chi connectivity index (χ1n) is 4.03. The fourth-order valence-corrected chi connectivity index (χ4v) is 0.884. The van der Waals surface area contributed by atoms with Gasteiger partial charge in [-0.2, -0.15) is 12.6 Å². The molecule has 0 fully saturated rings. The van der Waals surface area contributed by atoms with Crippen LogP contribution in [0.1, 0.15) is 33.6 Å². The van der Waals surface area contributed by atoms with Crippen LogP contribution in [-0.4, -0.2) is 5.25 Å². The van der Waals surface area contributed by atoms with Gasteiger partial charge in [-0.3, -0.25) is 0 Å². The van der Waals surface area contributed by atoms with Crippen LogP contribution >= 0.6 is 12.6 Å². The van der Waals surface area contributed by atoms with Gasteiger partial charge in [0.1, 0.15) is 0 Å². The van der Waals surface area contributed by atoms with E-state index in [1.165, 1.54) is 5.57 Å². The number of allylic oxidation sites excluding steroid dienone is 2. The maximum absolute atomic E-state index is 4.41. The van der Waals surface area contributed by atoms with Crippen molar-refractivity contribution in [2.24, 2.45) is 0 Å². The molecule has 0 saturated heterocycles. The highest BCUT2D eigenvalue weighted by atomic mass is 32.1. The molecule has 0 bridgehead atoms. The van der Waals surface area contributed by atoms with Gasteiger partial charge in [0.25, 0.3) is 0 Å². The standard InChI is InChI=1S/C10H18S/c1-5-9(4)6-7-10(11)8(2)3/h5,10-11H,2,6-7H2,1,3-4H3. The normalized spacial score (nSPS) is 14.7. The Bertz CT molecular complexity index is 156. The van der Waals surface area contributed by atoms with E-state index < -0.39 is 0 Å². The van der Waals surface area contributed by atoms with Crippen LogP contribution in [0.25, 0.3) is 0 Å². The predicted octanol–water partition coefficient (Wildman–Crippen LogP) is 3.61. The van der Waals surface area contributed by atoms with Crippen LogP contribution in [0.4, 0.5) is 0 Å². The zero-order chi connectivity index (χ0) is 8.85. The van der Waals surface area contributed by atoms with Gasteiger partial charge >= 0.3 is 0 Å². The lowest BCUT2D eigenvalue weighted by Crippen LogP contribution is -1.98. The largest absolute Gasteiger partial charge is 0.171 e. The smallest absolute Gasteiger partial charge is 0.0223 e. The Morgan fingerprint density at radius 2 is 2.09 bits per heavy atom.